The van der Waals surface area contributed by atoms with Crippen molar-refractivity contribution in [1.29, 1.82) is 0 Å². The van der Waals surface area contributed by atoms with Crippen LogP contribution in [0.2, 0.25) is 0 Å². The number of piperidine rings is 1. The molecule has 1 unspecified atom stereocenters. The molecule has 2 aromatic heterocycles. The molecule has 0 spiro atoms. The highest BCUT2D eigenvalue weighted by Crippen LogP contribution is 2.39. The fourth-order valence-electron chi connectivity index (χ4n) is 4.19. The lowest BCUT2D eigenvalue weighted by atomic mass is 9.91. The number of nitrogens with zero attached hydrogens (tertiary/aromatic N) is 3. The second-order valence-electron chi connectivity index (χ2n) is 7.74. The minimum Gasteiger partial charge on any atom is -0.342 e. The second kappa shape index (κ2) is 6.96. The summed E-state index contributed by atoms with van der Waals surface area (Å²) in [5, 5.41) is 3.48. The zero-order chi connectivity index (χ0) is 21.0. The minimum absolute atomic E-state index is 0.0284. The van der Waals surface area contributed by atoms with Gasteiger partial charge in [0.15, 0.2) is 9.84 Å². The third-order valence-corrected chi connectivity index (χ3v) is 7.52. The molecule has 0 bridgehead atoms. The Labute approximate surface area is 165 Å². The van der Waals surface area contributed by atoms with Gasteiger partial charge in [-0.2, -0.15) is 13.2 Å². The maximum atomic E-state index is 13.5. The van der Waals surface area contributed by atoms with Crippen LogP contribution >= 0.6 is 0 Å². The average molecular weight is 431 g/mol. The van der Waals surface area contributed by atoms with Gasteiger partial charge in [-0.1, -0.05) is 5.16 Å². The van der Waals surface area contributed by atoms with Gasteiger partial charge in [0.2, 0.25) is 5.91 Å². The topological polar surface area (TPSA) is 93.4 Å². The van der Waals surface area contributed by atoms with Crippen molar-refractivity contribution >= 4 is 26.8 Å². The summed E-state index contributed by atoms with van der Waals surface area (Å²) < 4.78 is 68.8. The lowest BCUT2D eigenvalue weighted by Crippen LogP contribution is -2.41. The molecule has 158 valence electrons. The van der Waals surface area contributed by atoms with Crippen molar-refractivity contribution in [2.45, 2.75) is 38.3 Å². The first-order chi connectivity index (χ1) is 13.5. The van der Waals surface area contributed by atoms with Gasteiger partial charge in [0.25, 0.3) is 5.71 Å². The molecule has 2 aliphatic heterocycles. The van der Waals surface area contributed by atoms with Crippen molar-refractivity contribution in [2.75, 3.05) is 24.6 Å². The summed E-state index contributed by atoms with van der Waals surface area (Å²) in [6.45, 7) is 2.16. The number of amides is 1. The zero-order valence-electron chi connectivity index (χ0n) is 15.7. The van der Waals surface area contributed by atoms with Crippen molar-refractivity contribution < 1.29 is 30.9 Å². The van der Waals surface area contributed by atoms with Gasteiger partial charge in [-0.3, -0.25) is 4.79 Å². The van der Waals surface area contributed by atoms with E-state index in [0.29, 0.717) is 32.4 Å². The van der Waals surface area contributed by atoms with E-state index < -0.39 is 27.5 Å². The predicted octanol–water partition coefficient (Wildman–Crippen LogP) is 2.69. The number of pyridine rings is 1. The molecule has 4 heterocycles. The zero-order valence-corrected chi connectivity index (χ0v) is 16.5. The number of aryl methyl sites for hydroxylation is 1. The van der Waals surface area contributed by atoms with Gasteiger partial charge < -0.3 is 9.42 Å². The lowest BCUT2D eigenvalue weighted by molar-refractivity contribution is -0.136. The lowest BCUT2D eigenvalue weighted by Gasteiger charge is -2.33. The molecular formula is C18H20F3N3O4S. The van der Waals surface area contributed by atoms with Crippen molar-refractivity contribution in [3.05, 3.63) is 23.0 Å². The number of likely N-dealkylation sites (tertiary alicyclic amines) is 1. The van der Waals surface area contributed by atoms with Crippen molar-refractivity contribution in [3.63, 3.8) is 0 Å². The molecule has 29 heavy (non-hydrogen) atoms. The van der Waals surface area contributed by atoms with E-state index >= 15 is 0 Å². The number of carbonyl (C=O) groups excluding carboxylic acids is 1. The Hall–Kier alpha value is -2.17. The molecular weight excluding hydrogens is 411 g/mol. The summed E-state index contributed by atoms with van der Waals surface area (Å²) in [7, 11) is -3.15. The second-order valence-corrected chi connectivity index (χ2v) is 9.97. The van der Waals surface area contributed by atoms with Crippen LogP contribution in [-0.4, -0.2) is 54.0 Å². The van der Waals surface area contributed by atoms with Gasteiger partial charge >= 0.3 is 6.18 Å². The standard InChI is InChI=1S/C18H20F3N3O4S/c1-10-15-13(18(19,20)21)8-14(22-16(15)28-23-10)11-2-5-24(6-3-11)17(25)12-4-7-29(26,27)9-12/h8,11-12H,2-7,9H2,1H3. The Balaban J connectivity index is 1.52. The monoisotopic (exact) mass is 431 g/mol. The molecule has 0 aromatic carbocycles. The van der Waals surface area contributed by atoms with Gasteiger partial charge in [0.05, 0.1) is 34.1 Å². The number of carbonyl (C=O) groups is 1. The molecule has 1 amide bonds. The molecule has 7 nitrogen and oxygen atoms in total. The van der Waals surface area contributed by atoms with E-state index in [-0.39, 0.29) is 45.8 Å². The Morgan fingerprint density at radius 2 is 1.93 bits per heavy atom. The first-order valence-electron chi connectivity index (χ1n) is 9.38. The van der Waals surface area contributed by atoms with E-state index in [0.717, 1.165) is 6.07 Å². The highest BCUT2D eigenvalue weighted by atomic mass is 32.2. The summed E-state index contributed by atoms with van der Waals surface area (Å²) >= 11 is 0. The highest BCUT2D eigenvalue weighted by molar-refractivity contribution is 7.91. The molecule has 0 aliphatic carbocycles. The minimum atomic E-state index is -4.56. The van der Waals surface area contributed by atoms with E-state index in [2.05, 4.69) is 10.1 Å². The Morgan fingerprint density at radius 3 is 2.52 bits per heavy atom. The molecule has 2 fully saturated rings. The first kappa shape index (κ1) is 20.1. The van der Waals surface area contributed by atoms with E-state index in [4.69, 9.17) is 4.52 Å². The number of hydrogen-bond acceptors (Lipinski definition) is 6. The largest absolute Gasteiger partial charge is 0.417 e. The van der Waals surface area contributed by atoms with Crippen molar-refractivity contribution in [2.24, 2.45) is 5.92 Å². The summed E-state index contributed by atoms with van der Waals surface area (Å²) in [5.74, 6) is -1.04. The van der Waals surface area contributed by atoms with Crippen LogP contribution in [0.1, 0.15) is 42.1 Å². The Bertz CT molecular complexity index is 1060. The highest BCUT2D eigenvalue weighted by Gasteiger charge is 2.38. The third-order valence-electron chi connectivity index (χ3n) is 5.75. The summed E-state index contributed by atoms with van der Waals surface area (Å²) in [4.78, 5) is 18.4. The third kappa shape index (κ3) is 3.84. The molecule has 2 aliphatic rings. The molecule has 0 radical (unpaired) electrons. The van der Waals surface area contributed by atoms with Crippen molar-refractivity contribution in [1.82, 2.24) is 15.0 Å². The van der Waals surface area contributed by atoms with Gasteiger partial charge in [0, 0.05) is 24.7 Å². The quantitative estimate of drug-likeness (QED) is 0.726. The van der Waals surface area contributed by atoms with E-state index in [1.165, 1.54) is 6.92 Å². The summed E-state index contributed by atoms with van der Waals surface area (Å²) in [6.07, 6.45) is -3.32. The van der Waals surface area contributed by atoms with E-state index in [1.807, 2.05) is 0 Å². The molecule has 1 atom stereocenters. The average Bonchev–Trinajstić information content (AvgIpc) is 3.22. The van der Waals surface area contributed by atoms with Crippen LogP contribution in [0.15, 0.2) is 10.6 Å². The number of sulfone groups is 1. The normalized spacial score (nSPS) is 23.0. The van der Waals surface area contributed by atoms with Crippen molar-refractivity contribution in [3.8, 4) is 0 Å². The molecule has 11 heteroatoms. The Morgan fingerprint density at radius 1 is 1.24 bits per heavy atom. The van der Waals surface area contributed by atoms with E-state index in [1.54, 1.807) is 4.90 Å². The van der Waals surface area contributed by atoms with Crippen LogP contribution in [0.25, 0.3) is 11.1 Å². The maximum Gasteiger partial charge on any atom is 0.417 e. The first-order valence-corrected chi connectivity index (χ1v) is 11.2. The smallest absolute Gasteiger partial charge is 0.342 e. The van der Waals surface area contributed by atoms with Crippen LogP contribution in [0.3, 0.4) is 0 Å². The van der Waals surface area contributed by atoms with Crippen LogP contribution in [0, 0.1) is 12.8 Å². The molecule has 2 aromatic rings. The van der Waals surface area contributed by atoms with Crippen LogP contribution in [0.4, 0.5) is 13.2 Å². The van der Waals surface area contributed by atoms with E-state index in [9.17, 15) is 26.4 Å². The van der Waals surface area contributed by atoms with Crippen LogP contribution < -0.4 is 0 Å². The number of fused-ring (bicyclic) bond motifs is 1. The summed E-state index contributed by atoms with van der Waals surface area (Å²) in [6, 6.07) is 1.05. The number of alkyl halides is 3. The van der Waals surface area contributed by atoms with Crippen LogP contribution in [0.5, 0.6) is 0 Å². The SMILES string of the molecule is Cc1noc2nc(C3CCN(C(=O)C4CCS(=O)(=O)C4)CC3)cc(C(F)(F)F)c12. The van der Waals surface area contributed by atoms with Crippen LogP contribution in [-0.2, 0) is 20.8 Å². The maximum absolute atomic E-state index is 13.5. The number of rotatable bonds is 2. The molecule has 0 N–H and O–H groups in total. The number of halogens is 3. The number of hydrogen-bond donors (Lipinski definition) is 0. The summed E-state index contributed by atoms with van der Waals surface area (Å²) in [5.41, 5.74) is -0.539. The predicted molar refractivity (Wildman–Crippen MR) is 96.9 cm³/mol. The fourth-order valence-corrected chi connectivity index (χ4v) is 5.92. The fraction of sp³-hybridized carbons (Fsp3) is 0.611. The Kier molecular flexibility index (Phi) is 4.83. The molecule has 4 rings (SSSR count). The number of aromatic nitrogens is 2. The molecule has 0 saturated carbocycles. The van der Waals surface area contributed by atoms with Gasteiger partial charge in [-0.25, -0.2) is 13.4 Å². The van der Waals surface area contributed by atoms with Gasteiger partial charge in [0.1, 0.15) is 0 Å². The van der Waals surface area contributed by atoms with Gasteiger partial charge in [-0.05, 0) is 32.3 Å². The molecule has 2 saturated heterocycles. The van der Waals surface area contributed by atoms with Gasteiger partial charge in [-0.15, -0.1) is 0 Å².